The van der Waals surface area contributed by atoms with Crippen LogP contribution in [0, 0.1) is 26.7 Å². The van der Waals surface area contributed by atoms with Gasteiger partial charge < -0.3 is 15.1 Å². The van der Waals surface area contributed by atoms with Crippen molar-refractivity contribution in [1.29, 1.82) is 0 Å². The monoisotopic (exact) mass is 464 g/mol. The Morgan fingerprint density at radius 2 is 1.56 bits per heavy atom. The molecule has 180 valence electrons. The van der Waals surface area contributed by atoms with E-state index in [4.69, 9.17) is 0 Å². The summed E-state index contributed by atoms with van der Waals surface area (Å²) in [5.74, 6) is -0.0244. The number of likely N-dealkylation sites (N-methyl/N-ethyl adjacent to an activating group) is 1. The summed E-state index contributed by atoms with van der Waals surface area (Å²) in [5, 5.41) is 3.07. The molecule has 0 radical (unpaired) electrons. The molecular formula is C24H40N4O3S. The van der Waals surface area contributed by atoms with Gasteiger partial charge in [-0.1, -0.05) is 17.7 Å². The summed E-state index contributed by atoms with van der Waals surface area (Å²) < 4.78 is 28.0. The van der Waals surface area contributed by atoms with Crippen molar-refractivity contribution in [3.63, 3.8) is 0 Å². The lowest BCUT2D eigenvalue weighted by Crippen LogP contribution is -2.45. The van der Waals surface area contributed by atoms with Gasteiger partial charge in [-0.25, -0.2) is 8.42 Å². The highest BCUT2D eigenvalue weighted by molar-refractivity contribution is 7.89. The Bertz CT molecular complexity index is 864. The summed E-state index contributed by atoms with van der Waals surface area (Å²) in [4.78, 5) is 17.9. The number of hydrogen-bond donors (Lipinski definition) is 1. The average molecular weight is 465 g/mol. The van der Waals surface area contributed by atoms with Gasteiger partial charge in [-0.05, 0) is 71.2 Å². The molecule has 0 atom stereocenters. The Balaban J connectivity index is 1.41. The predicted octanol–water partition coefficient (Wildman–Crippen LogP) is 2.16. The number of nitrogens with one attached hydrogen (secondary N) is 1. The number of amides is 1. The first-order valence-electron chi connectivity index (χ1n) is 11.9. The fraction of sp³-hybridized carbons (Fsp3) is 0.708. The minimum atomic E-state index is -3.53. The molecular weight excluding hydrogens is 424 g/mol. The molecule has 1 aromatic carbocycles. The zero-order chi connectivity index (χ0) is 23.3. The molecule has 3 rings (SSSR count). The third kappa shape index (κ3) is 6.31. The summed E-state index contributed by atoms with van der Waals surface area (Å²) in [5.41, 5.74) is 2.65. The number of nitrogens with zero attached hydrogens (tertiary/aromatic N) is 3. The van der Waals surface area contributed by atoms with Gasteiger partial charge in [0, 0.05) is 51.7 Å². The Morgan fingerprint density at radius 3 is 2.16 bits per heavy atom. The van der Waals surface area contributed by atoms with Crippen LogP contribution >= 0.6 is 0 Å². The zero-order valence-corrected chi connectivity index (χ0v) is 21.0. The quantitative estimate of drug-likeness (QED) is 0.597. The molecule has 0 bridgehead atoms. The van der Waals surface area contributed by atoms with Crippen LogP contribution < -0.4 is 5.32 Å². The highest BCUT2D eigenvalue weighted by Crippen LogP contribution is 2.28. The van der Waals surface area contributed by atoms with E-state index in [0.717, 1.165) is 62.3 Å². The van der Waals surface area contributed by atoms with Crippen LogP contribution in [-0.2, 0) is 14.8 Å². The Kier molecular flexibility index (Phi) is 8.72. The fourth-order valence-corrected chi connectivity index (χ4v) is 6.83. The molecule has 7 nitrogen and oxygen atoms in total. The van der Waals surface area contributed by atoms with Crippen LogP contribution in [-0.4, -0.2) is 87.8 Å². The van der Waals surface area contributed by atoms with Crippen LogP contribution in [0.25, 0.3) is 0 Å². The van der Waals surface area contributed by atoms with Gasteiger partial charge in [-0.2, -0.15) is 4.31 Å². The molecule has 1 aromatic rings. The number of rotatable bonds is 8. The SMILES string of the molecule is Cc1cc(C)c(S(=O)(=O)N2CCC(C(=O)NCCCCN3CCN(C)CC3)CC2)c(C)c1. The van der Waals surface area contributed by atoms with E-state index in [0.29, 0.717) is 37.4 Å². The van der Waals surface area contributed by atoms with Gasteiger partial charge in [-0.3, -0.25) is 4.79 Å². The van der Waals surface area contributed by atoms with Crippen LogP contribution in [0.2, 0.25) is 0 Å². The van der Waals surface area contributed by atoms with Crippen molar-refractivity contribution in [1.82, 2.24) is 19.4 Å². The first-order chi connectivity index (χ1) is 15.2. The van der Waals surface area contributed by atoms with Crippen molar-refractivity contribution < 1.29 is 13.2 Å². The minimum Gasteiger partial charge on any atom is -0.356 e. The van der Waals surface area contributed by atoms with E-state index in [9.17, 15) is 13.2 Å². The molecule has 2 fully saturated rings. The maximum Gasteiger partial charge on any atom is 0.243 e. The van der Waals surface area contributed by atoms with Gasteiger partial charge in [-0.15, -0.1) is 0 Å². The molecule has 8 heteroatoms. The first-order valence-corrected chi connectivity index (χ1v) is 13.4. The smallest absolute Gasteiger partial charge is 0.243 e. The largest absolute Gasteiger partial charge is 0.356 e. The van der Waals surface area contributed by atoms with Crippen molar-refractivity contribution in [3.8, 4) is 0 Å². The van der Waals surface area contributed by atoms with Crippen LogP contribution in [0.15, 0.2) is 17.0 Å². The van der Waals surface area contributed by atoms with Gasteiger partial charge in [0.15, 0.2) is 0 Å². The normalized spacial score (nSPS) is 19.9. The molecule has 0 aromatic heterocycles. The Hall–Kier alpha value is -1.48. The van der Waals surface area contributed by atoms with Gasteiger partial charge in [0.1, 0.15) is 0 Å². The average Bonchev–Trinajstić information content (AvgIpc) is 2.74. The lowest BCUT2D eigenvalue weighted by Gasteiger charge is -2.32. The van der Waals surface area contributed by atoms with Crippen LogP contribution in [0.5, 0.6) is 0 Å². The minimum absolute atomic E-state index is 0.0735. The van der Waals surface area contributed by atoms with Gasteiger partial charge in [0.25, 0.3) is 0 Å². The summed E-state index contributed by atoms with van der Waals surface area (Å²) >= 11 is 0. The third-order valence-corrected chi connectivity index (χ3v) is 9.03. The standard InChI is InChI=1S/C24H40N4O3S/c1-19-17-20(2)23(21(3)18-19)32(30,31)28-11-7-22(8-12-28)24(29)25-9-5-6-10-27-15-13-26(4)14-16-27/h17-18,22H,5-16H2,1-4H3,(H,25,29). The molecule has 32 heavy (non-hydrogen) atoms. The van der Waals surface area contributed by atoms with E-state index in [1.165, 1.54) is 0 Å². The lowest BCUT2D eigenvalue weighted by molar-refractivity contribution is -0.126. The van der Waals surface area contributed by atoms with Crippen molar-refractivity contribution >= 4 is 15.9 Å². The number of hydrogen-bond acceptors (Lipinski definition) is 5. The number of carbonyl (C=O) groups is 1. The van der Waals surface area contributed by atoms with Crippen molar-refractivity contribution in [2.45, 2.75) is 51.3 Å². The third-order valence-electron chi connectivity index (χ3n) is 6.82. The molecule has 0 aliphatic carbocycles. The molecule has 2 heterocycles. The molecule has 0 unspecified atom stereocenters. The number of piperazine rings is 1. The van der Waals surface area contributed by atoms with Crippen LogP contribution in [0.1, 0.15) is 42.4 Å². The number of aryl methyl sites for hydroxylation is 3. The first kappa shape index (κ1) is 25.1. The molecule has 0 spiro atoms. The number of carbonyl (C=O) groups excluding carboxylic acids is 1. The van der Waals surface area contributed by atoms with E-state index in [1.807, 2.05) is 32.9 Å². The fourth-order valence-electron chi connectivity index (χ4n) is 4.95. The second-order valence-corrected chi connectivity index (χ2v) is 11.4. The zero-order valence-electron chi connectivity index (χ0n) is 20.2. The van der Waals surface area contributed by atoms with Crippen molar-refractivity contribution in [2.24, 2.45) is 5.92 Å². The molecule has 0 saturated carbocycles. The van der Waals surface area contributed by atoms with Gasteiger partial charge >= 0.3 is 0 Å². The lowest BCUT2D eigenvalue weighted by atomic mass is 9.97. The molecule has 1 N–H and O–H groups in total. The van der Waals surface area contributed by atoms with Crippen molar-refractivity contribution in [2.75, 3.05) is 59.4 Å². The number of unbranched alkanes of at least 4 members (excludes halogenated alkanes) is 1. The van der Waals surface area contributed by atoms with E-state index >= 15 is 0 Å². The second-order valence-electron chi connectivity index (χ2n) is 9.55. The van der Waals surface area contributed by atoms with Crippen molar-refractivity contribution in [3.05, 3.63) is 28.8 Å². The molecule has 2 aliphatic heterocycles. The van der Waals surface area contributed by atoms with E-state index in [1.54, 1.807) is 4.31 Å². The van der Waals surface area contributed by atoms with E-state index in [2.05, 4.69) is 22.2 Å². The highest BCUT2D eigenvalue weighted by atomic mass is 32.2. The maximum atomic E-state index is 13.2. The second kappa shape index (κ2) is 11.1. The van der Waals surface area contributed by atoms with Gasteiger partial charge in [0.05, 0.1) is 4.90 Å². The molecule has 1 amide bonds. The molecule has 2 aliphatic rings. The van der Waals surface area contributed by atoms with E-state index < -0.39 is 10.0 Å². The number of piperidine rings is 1. The number of sulfonamides is 1. The van der Waals surface area contributed by atoms with E-state index in [-0.39, 0.29) is 11.8 Å². The van der Waals surface area contributed by atoms with Gasteiger partial charge in [0.2, 0.25) is 15.9 Å². The van der Waals surface area contributed by atoms with Crippen LogP contribution in [0.3, 0.4) is 0 Å². The summed E-state index contributed by atoms with van der Waals surface area (Å²) in [6, 6.07) is 3.84. The molecule has 2 saturated heterocycles. The predicted molar refractivity (Wildman–Crippen MR) is 128 cm³/mol. The Morgan fingerprint density at radius 1 is 0.969 bits per heavy atom. The van der Waals surface area contributed by atoms with Crippen LogP contribution in [0.4, 0.5) is 0 Å². The summed E-state index contributed by atoms with van der Waals surface area (Å²) in [6.45, 7) is 12.8. The maximum absolute atomic E-state index is 13.2. The summed E-state index contributed by atoms with van der Waals surface area (Å²) in [7, 11) is -1.37. The Labute approximate surface area is 194 Å². The topological polar surface area (TPSA) is 73.0 Å². The number of benzene rings is 1. The highest BCUT2D eigenvalue weighted by Gasteiger charge is 2.33. The summed E-state index contributed by atoms with van der Waals surface area (Å²) in [6.07, 6.45) is 3.24.